The quantitative estimate of drug-likeness (QED) is 0.560. The van der Waals surface area contributed by atoms with Gasteiger partial charge in [0.05, 0.1) is 28.4 Å². The third-order valence-electron chi connectivity index (χ3n) is 7.70. The second-order valence-corrected chi connectivity index (χ2v) is 13.3. The Kier molecular flexibility index (Phi) is 7.18. The number of carbonyl (C=O) groups excluding carboxylic acids is 1. The van der Waals surface area contributed by atoms with Gasteiger partial charge in [0.25, 0.3) is 0 Å². The minimum Gasteiger partial charge on any atom is -0.353 e. The van der Waals surface area contributed by atoms with Crippen molar-refractivity contribution in [3.63, 3.8) is 0 Å². The van der Waals surface area contributed by atoms with E-state index in [0.29, 0.717) is 30.8 Å². The summed E-state index contributed by atoms with van der Waals surface area (Å²) in [5.41, 5.74) is 0.644. The summed E-state index contributed by atoms with van der Waals surface area (Å²) in [6.45, 7) is 12.8. The van der Waals surface area contributed by atoms with Gasteiger partial charge in [-0.3, -0.25) is 4.79 Å². The second kappa shape index (κ2) is 9.63. The van der Waals surface area contributed by atoms with Crippen LogP contribution in [0.25, 0.3) is 0 Å². The molecular formula is C27H40N2O3S. The molecule has 1 aliphatic carbocycles. The Labute approximate surface area is 201 Å². The van der Waals surface area contributed by atoms with Crippen LogP contribution in [0.1, 0.15) is 77.8 Å². The highest BCUT2D eigenvalue weighted by molar-refractivity contribution is 7.84. The van der Waals surface area contributed by atoms with Crippen LogP contribution in [0.3, 0.4) is 0 Å². The maximum atomic E-state index is 13.3. The lowest BCUT2D eigenvalue weighted by Crippen LogP contribution is -2.62. The van der Waals surface area contributed by atoms with Gasteiger partial charge >= 0.3 is 0 Å². The topological polar surface area (TPSA) is 58.6 Å². The van der Waals surface area contributed by atoms with Crippen LogP contribution in [0.2, 0.25) is 0 Å². The van der Waals surface area contributed by atoms with Crippen molar-refractivity contribution >= 4 is 16.9 Å². The fourth-order valence-corrected chi connectivity index (χ4v) is 7.22. The molecule has 5 nitrogen and oxygen atoms in total. The minimum atomic E-state index is -1.13. The molecule has 0 radical (unpaired) electrons. The lowest BCUT2D eigenvalue weighted by molar-refractivity contribution is -0.202. The fraction of sp³-hybridized carbons (Fsp3) is 0.667. The first-order chi connectivity index (χ1) is 15.7. The van der Waals surface area contributed by atoms with Gasteiger partial charge in [0.1, 0.15) is 5.72 Å². The van der Waals surface area contributed by atoms with Crippen molar-refractivity contribution in [3.8, 4) is 0 Å². The maximum Gasteiger partial charge on any atom is 0.225 e. The van der Waals surface area contributed by atoms with E-state index in [4.69, 9.17) is 4.74 Å². The molecule has 33 heavy (non-hydrogen) atoms. The Bertz CT molecular complexity index is 883. The molecule has 1 aromatic rings. The van der Waals surface area contributed by atoms with Crippen LogP contribution in [0.15, 0.2) is 43.0 Å². The summed E-state index contributed by atoms with van der Waals surface area (Å²) in [5.74, 6) is 1.40. The summed E-state index contributed by atoms with van der Waals surface area (Å²) in [7, 11) is -1.13. The van der Waals surface area contributed by atoms with Gasteiger partial charge in [-0.1, -0.05) is 43.3 Å². The minimum absolute atomic E-state index is 0.0112. The van der Waals surface area contributed by atoms with Gasteiger partial charge in [-0.2, -0.15) is 0 Å². The zero-order valence-electron chi connectivity index (χ0n) is 20.6. The Morgan fingerprint density at radius 2 is 2.06 bits per heavy atom. The van der Waals surface area contributed by atoms with Crippen LogP contribution in [0, 0.1) is 17.8 Å². The van der Waals surface area contributed by atoms with E-state index in [1.807, 2.05) is 45.0 Å². The van der Waals surface area contributed by atoms with Crippen molar-refractivity contribution in [1.29, 1.82) is 0 Å². The first kappa shape index (κ1) is 24.6. The van der Waals surface area contributed by atoms with Gasteiger partial charge in [0, 0.05) is 18.4 Å². The Morgan fingerprint density at radius 1 is 1.33 bits per heavy atom. The van der Waals surface area contributed by atoms with E-state index in [-0.39, 0.29) is 22.7 Å². The largest absolute Gasteiger partial charge is 0.353 e. The molecule has 0 aromatic heterocycles. The van der Waals surface area contributed by atoms with Gasteiger partial charge in [-0.05, 0) is 70.3 Å². The zero-order chi connectivity index (χ0) is 23.8. The SMILES string of the molecule is C=CC[C@@H](C[C@H]1C[C@@H](C)C[C@@]23OC[C@@H](c4ccccc4)N2C(=O)CC[C@@H]13)NS(=O)C(C)(C)C. The van der Waals surface area contributed by atoms with E-state index in [1.54, 1.807) is 0 Å². The third kappa shape index (κ3) is 4.85. The highest BCUT2D eigenvalue weighted by Gasteiger charge is 2.61. The van der Waals surface area contributed by atoms with E-state index >= 15 is 0 Å². The summed E-state index contributed by atoms with van der Waals surface area (Å²) in [6.07, 6.45) is 7.10. The van der Waals surface area contributed by atoms with Gasteiger partial charge in [-0.25, -0.2) is 8.93 Å². The number of amides is 1. The molecule has 2 saturated heterocycles. The molecule has 1 amide bonds. The molecular weight excluding hydrogens is 432 g/mol. The number of ether oxygens (including phenoxy) is 1. The number of hydrogen-bond acceptors (Lipinski definition) is 3. The van der Waals surface area contributed by atoms with Crippen molar-refractivity contribution < 1.29 is 13.7 Å². The van der Waals surface area contributed by atoms with Crippen molar-refractivity contribution in [2.45, 2.75) is 88.8 Å². The molecule has 1 spiro atoms. The summed E-state index contributed by atoms with van der Waals surface area (Å²) >= 11 is 0. The van der Waals surface area contributed by atoms with Crippen LogP contribution in [0.5, 0.6) is 0 Å². The lowest BCUT2D eigenvalue weighted by atomic mass is 9.63. The number of nitrogens with one attached hydrogen (secondary N) is 1. The first-order valence-corrected chi connectivity index (χ1v) is 13.6. The molecule has 3 fully saturated rings. The van der Waals surface area contributed by atoms with E-state index in [2.05, 4.69) is 35.3 Å². The molecule has 7 atom stereocenters. The highest BCUT2D eigenvalue weighted by Crippen LogP contribution is 2.56. The molecule has 6 heteroatoms. The monoisotopic (exact) mass is 472 g/mol. The number of carbonyl (C=O) groups is 1. The predicted octanol–water partition coefficient (Wildman–Crippen LogP) is 5.13. The molecule has 2 aliphatic heterocycles. The lowest BCUT2D eigenvalue weighted by Gasteiger charge is -2.55. The van der Waals surface area contributed by atoms with Crippen molar-refractivity contribution in [2.24, 2.45) is 17.8 Å². The Hall–Kier alpha value is -1.50. The maximum absolute atomic E-state index is 13.3. The highest BCUT2D eigenvalue weighted by atomic mass is 32.2. The fourth-order valence-electron chi connectivity index (χ4n) is 6.37. The van der Waals surface area contributed by atoms with Gasteiger partial charge < -0.3 is 9.64 Å². The number of rotatable bonds is 7. The summed E-state index contributed by atoms with van der Waals surface area (Å²) in [6, 6.07) is 10.4. The average Bonchev–Trinajstić information content (AvgIpc) is 3.13. The average molecular weight is 473 g/mol. The smallest absolute Gasteiger partial charge is 0.225 e. The molecule has 4 rings (SSSR count). The van der Waals surface area contributed by atoms with Crippen LogP contribution in [0.4, 0.5) is 0 Å². The predicted molar refractivity (Wildman–Crippen MR) is 134 cm³/mol. The first-order valence-electron chi connectivity index (χ1n) is 12.5. The normalized spacial score (nSPS) is 33.8. The van der Waals surface area contributed by atoms with Crippen molar-refractivity contribution in [2.75, 3.05) is 6.61 Å². The number of hydrogen-bond donors (Lipinski definition) is 1. The summed E-state index contributed by atoms with van der Waals surface area (Å²) < 4.78 is 22.6. The molecule has 3 aliphatic rings. The number of nitrogens with zero attached hydrogens (tertiary/aromatic N) is 1. The van der Waals surface area contributed by atoms with Crippen LogP contribution in [-0.4, -0.2) is 38.1 Å². The van der Waals surface area contributed by atoms with Gasteiger partial charge in [0.2, 0.25) is 5.91 Å². The number of piperidine rings is 1. The molecule has 0 bridgehead atoms. The Balaban J connectivity index is 1.60. The molecule has 1 N–H and O–H groups in total. The Morgan fingerprint density at radius 3 is 2.73 bits per heavy atom. The van der Waals surface area contributed by atoms with E-state index in [1.165, 1.54) is 0 Å². The molecule has 1 aromatic carbocycles. The second-order valence-electron chi connectivity index (χ2n) is 11.3. The van der Waals surface area contributed by atoms with Crippen LogP contribution in [-0.2, 0) is 20.5 Å². The molecule has 182 valence electrons. The van der Waals surface area contributed by atoms with E-state index in [0.717, 1.165) is 37.7 Å². The molecule has 1 saturated carbocycles. The number of benzene rings is 1. The van der Waals surface area contributed by atoms with Crippen molar-refractivity contribution in [1.82, 2.24) is 9.62 Å². The van der Waals surface area contributed by atoms with Crippen LogP contribution >= 0.6 is 0 Å². The standard InChI is InChI=1S/C27H40N2O3S/c1-6-10-22(28-33(31)26(3,4)5)16-21-15-19(2)17-27-23(21)13-14-25(30)29(27)24(18-32-27)20-11-8-7-9-12-20/h6-9,11-12,19,21-24,28H,1,10,13-18H2,2-5H3/t19-,21-,22+,23+,24+,27+,33?/m1/s1. The molecule has 2 heterocycles. The van der Waals surface area contributed by atoms with Crippen molar-refractivity contribution in [3.05, 3.63) is 48.6 Å². The van der Waals surface area contributed by atoms with E-state index in [9.17, 15) is 9.00 Å². The third-order valence-corrected chi connectivity index (χ3v) is 9.36. The van der Waals surface area contributed by atoms with E-state index < -0.39 is 16.7 Å². The zero-order valence-corrected chi connectivity index (χ0v) is 21.4. The molecule has 1 unspecified atom stereocenters. The van der Waals surface area contributed by atoms with Gasteiger partial charge in [0.15, 0.2) is 0 Å². The summed E-state index contributed by atoms with van der Waals surface area (Å²) in [4.78, 5) is 15.4. The summed E-state index contributed by atoms with van der Waals surface area (Å²) in [5, 5.41) is 0. The van der Waals surface area contributed by atoms with Crippen LogP contribution < -0.4 is 4.72 Å². The van der Waals surface area contributed by atoms with Gasteiger partial charge in [-0.15, -0.1) is 6.58 Å².